The normalized spacial score (nSPS) is 14.1. The van der Waals surface area contributed by atoms with Crippen LogP contribution in [0.15, 0.2) is 82.5 Å². The number of fused-ring (bicyclic) bond motifs is 1. The minimum Gasteiger partial charge on any atom is -0.454 e. The fraction of sp³-hybridized carbons (Fsp3) is 0.0909. The number of para-hydroxylation sites is 1. The minimum atomic E-state index is -0.631. The lowest BCUT2D eigenvalue weighted by molar-refractivity contribution is -0.118. The predicted octanol–water partition coefficient (Wildman–Crippen LogP) is 3.58. The first kappa shape index (κ1) is 19.5. The van der Waals surface area contributed by atoms with Crippen molar-refractivity contribution in [3.8, 4) is 11.8 Å². The van der Waals surface area contributed by atoms with Gasteiger partial charge in [-0.1, -0.05) is 23.9 Å². The first-order chi connectivity index (χ1) is 14.6. The van der Waals surface area contributed by atoms with Crippen LogP contribution >= 0.6 is 11.8 Å². The summed E-state index contributed by atoms with van der Waals surface area (Å²) in [5.41, 5.74) is 2.00. The number of anilines is 1. The van der Waals surface area contributed by atoms with Crippen molar-refractivity contribution in [1.29, 1.82) is 5.26 Å². The quantitative estimate of drug-likeness (QED) is 0.357. The highest BCUT2D eigenvalue weighted by molar-refractivity contribution is 8.03. The summed E-state index contributed by atoms with van der Waals surface area (Å²) in [5.74, 6) is -1.17. The molecule has 2 aromatic carbocycles. The van der Waals surface area contributed by atoms with Crippen LogP contribution in [-0.4, -0.2) is 35.2 Å². The number of Topliss-reactive ketones (excluding diaryl/α,β-unsaturated/α-hetero) is 1. The molecular weight excluding hydrogens is 400 g/mol. The number of carbonyl (C=O) groups is 2. The highest BCUT2D eigenvalue weighted by Crippen LogP contribution is 2.46. The lowest BCUT2D eigenvalue weighted by Crippen LogP contribution is -2.20. The van der Waals surface area contributed by atoms with Gasteiger partial charge in [-0.3, -0.25) is 4.79 Å². The highest BCUT2D eigenvalue weighted by Gasteiger charge is 2.28. The van der Waals surface area contributed by atoms with Gasteiger partial charge in [-0.25, -0.2) is 9.48 Å². The Labute approximate surface area is 177 Å². The van der Waals surface area contributed by atoms with E-state index in [0.717, 1.165) is 16.3 Å². The third-order valence-electron chi connectivity index (χ3n) is 4.55. The smallest absolute Gasteiger partial charge is 0.338 e. The Hall–Kier alpha value is -3.83. The van der Waals surface area contributed by atoms with Crippen LogP contribution in [0.25, 0.3) is 5.69 Å². The maximum absolute atomic E-state index is 12.6. The number of aromatic nitrogens is 2. The summed E-state index contributed by atoms with van der Waals surface area (Å²) in [6, 6.07) is 18.1. The second kappa shape index (κ2) is 8.27. The molecule has 0 saturated heterocycles. The Bertz CT molecular complexity index is 1180. The topological polar surface area (TPSA) is 88.2 Å². The molecule has 1 aromatic heterocycles. The number of ether oxygens (including phenoxy) is 1. The summed E-state index contributed by atoms with van der Waals surface area (Å²) in [6.07, 6.45) is 3.45. The van der Waals surface area contributed by atoms with E-state index in [-0.39, 0.29) is 5.57 Å². The summed E-state index contributed by atoms with van der Waals surface area (Å²) >= 11 is 1.35. The van der Waals surface area contributed by atoms with Crippen LogP contribution in [0.5, 0.6) is 0 Å². The predicted molar refractivity (Wildman–Crippen MR) is 112 cm³/mol. The third kappa shape index (κ3) is 3.71. The number of carbonyl (C=O) groups excluding carboxylic acids is 2. The van der Waals surface area contributed by atoms with E-state index in [2.05, 4.69) is 5.10 Å². The average molecular weight is 416 g/mol. The second-order valence-electron chi connectivity index (χ2n) is 6.42. The number of rotatable bonds is 5. The minimum absolute atomic E-state index is 0.0273. The molecule has 30 heavy (non-hydrogen) atoms. The van der Waals surface area contributed by atoms with E-state index in [1.54, 1.807) is 59.4 Å². The summed E-state index contributed by atoms with van der Waals surface area (Å²) in [4.78, 5) is 27.7. The Balaban J connectivity index is 1.44. The average Bonchev–Trinajstić information content (AvgIpc) is 3.42. The molecule has 0 atom stereocenters. The second-order valence-corrected chi connectivity index (χ2v) is 7.45. The number of thioether (sulfide) groups is 1. The van der Waals surface area contributed by atoms with Gasteiger partial charge in [0, 0.05) is 24.3 Å². The summed E-state index contributed by atoms with van der Waals surface area (Å²) < 4.78 is 6.82. The number of benzene rings is 2. The van der Waals surface area contributed by atoms with E-state index in [4.69, 9.17) is 4.74 Å². The van der Waals surface area contributed by atoms with E-state index in [0.29, 0.717) is 10.6 Å². The molecule has 0 radical (unpaired) electrons. The highest BCUT2D eigenvalue weighted by atomic mass is 32.2. The molecular formula is C22H16N4O3S. The summed E-state index contributed by atoms with van der Waals surface area (Å²) in [6.45, 7) is -0.503. The van der Waals surface area contributed by atoms with Crippen LogP contribution in [0.4, 0.5) is 5.69 Å². The van der Waals surface area contributed by atoms with Gasteiger partial charge in [-0.05, 0) is 42.5 Å². The monoisotopic (exact) mass is 416 g/mol. The molecule has 0 fully saturated rings. The maximum Gasteiger partial charge on any atom is 0.338 e. The van der Waals surface area contributed by atoms with Gasteiger partial charge in [-0.2, -0.15) is 10.4 Å². The molecule has 1 aliphatic rings. The molecule has 0 saturated carbocycles. The van der Waals surface area contributed by atoms with Gasteiger partial charge in [0.2, 0.25) is 5.78 Å². The largest absolute Gasteiger partial charge is 0.454 e. The third-order valence-corrected chi connectivity index (χ3v) is 5.79. The number of nitriles is 1. The maximum atomic E-state index is 12.6. The zero-order valence-corrected chi connectivity index (χ0v) is 16.8. The molecule has 0 bridgehead atoms. The van der Waals surface area contributed by atoms with Gasteiger partial charge in [-0.15, -0.1) is 0 Å². The molecule has 7 nitrogen and oxygen atoms in total. The Kier molecular flexibility index (Phi) is 5.37. The van der Waals surface area contributed by atoms with Crippen molar-refractivity contribution in [2.45, 2.75) is 4.90 Å². The molecule has 148 valence electrons. The first-order valence-electron chi connectivity index (χ1n) is 9.04. The van der Waals surface area contributed by atoms with Gasteiger partial charge < -0.3 is 9.64 Å². The molecule has 0 unspecified atom stereocenters. The molecule has 3 aromatic rings. The standard InChI is InChI=1S/C22H16N4O3S/c1-25-18-5-2-3-6-20(18)30-21(25)17(13-23)19(27)14-29-22(28)15-7-9-16(10-8-15)26-12-4-11-24-26/h2-12H,14H2,1H3/b21-17-. The lowest BCUT2D eigenvalue weighted by Gasteiger charge is -2.14. The Morgan fingerprint density at radius 1 is 1.13 bits per heavy atom. The van der Waals surface area contributed by atoms with Crippen LogP contribution in [0, 0.1) is 11.3 Å². The zero-order valence-electron chi connectivity index (χ0n) is 16.0. The molecule has 0 aliphatic carbocycles. The number of nitrogens with zero attached hydrogens (tertiary/aromatic N) is 4. The molecule has 8 heteroatoms. The molecule has 0 spiro atoms. The van der Waals surface area contributed by atoms with Crippen LogP contribution in [0.3, 0.4) is 0 Å². The van der Waals surface area contributed by atoms with E-state index < -0.39 is 18.4 Å². The Morgan fingerprint density at radius 3 is 2.57 bits per heavy atom. The van der Waals surface area contributed by atoms with Crippen LogP contribution in [-0.2, 0) is 9.53 Å². The van der Waals surface area contributed by atoms with E-state index >= 15 is 0 Å². The first-order valence-corrected chi connectivity index (χ1v) is 9.85. The zero-order chi connectivity index (χ0) is 21.1. The Morgan fingerprint density at radius 2 is 1.90 bits per heavy atom. The fourth-order valence-corrected chi connectivity index (χ4v) is 4.17. The number of esters is 1. The van der Waals surface area contributed by atoms with Crippen molar-refractivity contribution in [2.24, 2.45) is 0 Å². The fourth-order valence-electron chi connectivity index (χ4n) is 3.01. The van der Waals surface area contributed by atoms with Gasteiger partial charge in [0.15, 0.2) is 6.61 Å². The van der Waals surface area contributed by atoms with Crippen molar-refractivity contribution in [3.05, 3.63) is 83.2 Å². The SMILES string of the molecule is CN1/C(=C(\C#N)C(=O)COC(=O)c2ccc(-n3cccn3)cc2)Sc2ccccc21. The van der Waals surface area contributed by atoms with Gasteiger partial charge in [0.1, 0.15) is 16.7 Å². The number of ketones is 1. The van der Waals surface area contributed by atoms with Crippen LogP contribution in [0.2, 0.25) is 0 Å². The lowest BCUT2D eigenvalue weighted by atomic mass is 10.2. The van der Waals surface area contributed by atoms with Crippen LogP contribution in [0.1, 0.15) is 10.4 Å². The van der Waals surface area contributed by atoms with Gasteiger partial charge >= 0.3 is 5.97 Å². The van der Waals surface area contributed by atoms with E-state index in [1.807, 2.05) is 30.3 Å². The molecule has 0 amide bonds. The van der Waals surface area contributed by atoms with Crippen molar-refractivity contribution in [3.63, 3.8) is 0 Å². The number of hydrogen-bond donors (Lipinski definition) is 0. The van der Waals surface area contributed by atoms with Crippen LogP contribution < -0.4 is 4.90 Å². The van der Waals surface area contributed by atoms with Crippen molar-refractivity contribution in [2.75, 3.05) is 18.6 Å². The summed E-state index contributed by atoms with van der Waals surface area (Å²) in [5, 5.41) is 14.2. The van der Waals surface area contributed by atoms with E-state index in [1.165, 1.54) is 11.8 Å². The van der Waals surface area contributed by atoms with Gasteiger partial charge in [0.25, 0.3) is 0 Å². The van der Waals surface area contributed by atoms with Crippen molar-refractivity contribution < 1.29 is 14.3 Å². The van der Waals surface area contributed by atoms with Crippen molar-refractivity contribution >= 4 is 29.2 Å². The molecule has 1 aliphatic heterocycles. The summed E-state index contributed by atoms with van der Waals surface area (Å²) in [7, 11) is 1.80. The number of hydrogen-bond acceptors (Lipinski definition) is 7. The molecule has 4 rings (SSSR count). The van der Waals surface area contributed by atoms with Crippen molar-refractivity contribution in [1.82, 2.24) is 9.78 Å². The molecule has 2 heterocycles. The molecule has 0 N–H and O–H groups in total. The van der Waals surface area contributed by atoms with E-state index in [9.17, 15) is 14.9 Å². The van der Waals surface area contributed by atoms with Gasteiger partial charge in [0.05, 0.1) is 16.9 Å².